The second-order valence-electron chi connectivity index (χ2n) is 4.90. The van der Waals surface area contributed by atoms with Gasteiger partial charge in [-0.15, -0.1) is 0 Å². The second-order valence-corrected chi connectivity index (χ2v) is 6.70. The van der Waals surface area contributed by atoms with Gasteiger partial charge in [0.2, 0.25) is 10.0 Å². The smallest absolute Gasteiger partial charge is 0.215 e. The molecule has 2 rings (SSSR count). The molecule has 0 radical (unpaired) electrons. The molecule has 0 fully saturated rings. The Hall–Kier alpha value is -1.85. The van der Waals surface area contributed by atoms with E-state index >= 15 is 0 Å². The summed E-state index contributed by atoms with van der Waals surface area (Å²) >= 11 is 0. The first-order chi connectivity index (χ1) is 10.1. The predicted molar refractivity (Wildman–Crippen MR) is 86.8 cm³/mol. The van der Waals surface area contributed by atoms with Gasteiger partial charge in [-0.05, 0) is 17.7 Å². The predicted octanol–water partition coefficient (Wildman–Crippen LogP) is 2.24. The summed E-state index contributed by atoms with van der Waals surface area (Å²) in [6.45, 7) is 1.01. The highest BCUT2D eigenvalue weighted by Crippen LogP contribution is 2.10. The minimum atomic E-state index is -3.29. The van der Waals surface area contributed by atoms with E-state index in [-0.39, 0.29) is 5.75 Å². The van der Waals surface area contributed by atoms with Crippen molar-refractivity contribution in [2.24, 2.45) is 0 Å². The third-order valence-corrected chi connectivity index (χ3v) is 4.52. The van der Waals surface area contributed by atoms with Gasteiger partial charge in [-0.1, -0.05) is 48.5 Å². The average Bonchev–Trinajstić information content (AvgIpc) is 2.48. The van der Waals surface area contributed by atoms with Gasteiger partial charge < -0.3 is 4.90 Å². The van der Waals surface area contributed by atoms with Crippen LogP contribution in [0.15, 0.2) is 60.7 Å². The molecule has 0 saturated carbocycles. The van der Waals surface area contributed by atoms with Crippen LogP contribution >= 0.6 is 0 Å². The molecule has 112 valence electrons. The first-order valence-electron chi connectivity index (χ1n) is 6.84. The summed E-state index contributed by atoms with van der Waals surface area (Å²) in [5, 5.41) is 0. The molecule has 0 unspecified atom stereocenters. The van der Waals surface area contributed by atoms with Crippen molar-refractivity contribution in [3.63, 3.8) is 0 Å². The molecule has 0 amide bonds. The number of para-hydroxylation sites is 1. The zero-order valence-electron chi connectivity index (χ0n) is 12.1. The molecule has 0 aliphatic carbocycles. The highest BCUT2D eigenvalue weighted by molar-refractivity contribution is 7.88. The maximum absolute atomic E-state index is 12.0. The number of hydrogen-bond donors (Lipinski definition) is 1. The highest BCUT2D eigenvalue weighted by Gasteiger charge is 2.11. The third-order valence-electron chi connectivity index (χ3n) is 3.17. The third kappa shape index (κ3) is 5.21. The highest BCUT2D eigenvalue weighted by atomic mass is 32.2. The van der Waals surface area contributed by atoms with Crippen LogP contribution in [0.5, 0.6) is 0 Å². The van der Waals surface area contributed by atoms with E-state index in [0.717, 1.165) is 11.3 Å². The molecule has 0 aliphatic rings. The van der Waals surface area contributed by atoms with Crippen LogP contribution in [-0.2, 0) is 15.8 Å². The first-order valence-corrected chi connectivity index (χ1v) is 8.49. The molecule has 2 aromatic carbocycles. The lowest BCUT2D eigenvalue weighted by atomic mass is 10.2. The fourth-order valence-electron chi connectivity index (χ4n) is 2.03. The molecule has 0 atom stereocenters. The maximum Gasteiger partial charge on any atom is 0.215 e. The lowest BCUT2D eigenvalue weighted by Crippen LogP contribution is -2.33. The van der Waals surface area contributed by atoms with Crippen molar-refractivity contribution >= 4 is 15.7 Å². The summed E-state index contributed by atoms with van der Waals surface area (Å²) in [6, 6.07) is 19.1. The molecule has 1 N–H and O–H groups in total. The monoisotopic (exact) mass is 304 g/mol. The Balaban J connectivity index is 1.82. The molecule has 2 aromatic rings. The molecule has 0 aliphatic heterocycles. The van der Waals surface area contributed by atoms with E-state index in [4.69, 9.17) is 0 Å². The number of likely N-dealkylation sites (N-methyl/N-ethyl adjacent to an activating group) is 1. The van der Waals surface area contributed by atoms with E-state index in [9.17, 15) is 8.42 Å². The minimum Gasteiger partial charge on any atom is -0.373 e. The standard InChI is InChI=1S/C16H20N2O2S/c1-18(16-10-6-3-7-11-16)13-12-17-21(19,20)14-15-8-4-2-5-9-15/h2-11,17H,12-14H2,1H3. The van der Waals surface area contributed by atoms with Gasteiger partial charge in [0.05, 0.1) is 5.75 Å². The lowest BCUT2D eigenvalue weighted by Gasteiger charge is -2.19. The summed E-state index contributed by atoms with van der Waals surface area (Å²) in [7, 11) is -1.34. The van der Waals surface area contributed by atoms with E-state index in [1.807, 2.05) is 72.6 Å². The van der Waals surface area contributed by atoms with Gasteiger partial charge in [-0.3, -0.25) is 0 Å². The van der Waals surface area contributed by atoms with Crippen LogP contribution in [0.3, 0.4) is 0 Å². The molecule has 0 aromatic heterocycles. The Bertz CT molecular complexity index is 642. The minimum absolute atomic E-state index is 0.0168. The number of benzene rings is 2. The topological polar surface area (TPSA) is 49.4 Å². The normalized spacial score (nSPS) is 11.3. The van der Waals surface area contributed by atoms with Gasteiger partial charge in [-0.25, -0.2) is 13.1 Å². The van der Waals surface area contributed by atoms with Crippen molar-refractivity contribution in [1.82, 2.24) is 4.72 Å². The fraction of sp³-hybridized carbons (Fsp3) is 0.250. The average molecular weight is 304 g/mol. The summed E-state index contributed by atoms with van der Waals surface area (Å²) < 4.78 is 26.6. The Morgan fingerprint density at radius 3 is 2.14 bits per heavy atom. The molecule has 5 heteroatoms. The van der Waals surface area contributed by atoms with Crippen molar-refractivity contribution in [2.75, 3.05) is 25.0 Å². The van der Waals surface area contributed by atoms with Gasteiger partial charge in [0.25, 0.3) is 0 Å². The molecule has 0 heterocycles. The quantitative estimate of drug-likeness (QED) is 0.853. The lowest BCUT2D eigenvalue weighted by molar-refractivity contribution is 0.580. The van der Waals surface area contributed by atoms with Crippen LogP contribution in [-0.4, -0.2) is 28.6 Å². The Labute approximate surface area is 126 Å². The summed E-state index contributed by atoms with van der Waals surface area (Å²) in [4.78, 5) is 2.02. The number of hydrogen-bond acceptors (Lipinski definition) is 3. The van der Waals surface area contributed by atoms with Crippen molar-refractivity contribution in [1.29, 1.82) is 0 Å². The Morgan fingerprint density at radius 2 is 1.52 bits per heavy atom. The van der Waals surface area contributed by atoms with Crippen LogP contribution in [0.1, 0.15) is 5.56 Å². The van der Waals surface area contributed by atoms with Gasteiger partial charge in [0.1, 0.15) is 0 Å². The second kappa shape index (κ2) is 7.24. The van der Waals surface area contributed by atoms with Gasteiger partial charge in [0.15, 0.2) is 0 Å². The van der Waals surface area contributed by atoms with E-state index < -0.39 is 10.0 Å². The van der Waals surface area contributed by atoms with Crippen LogP contribution < -0.4 is 9.62 Å². The van der Waals surface area contributed by atoms with Gasteiger partial charge >= 0.3 is 0 Å². The zero-order valence-corrected chi connectivity index (χ0v) is 12.9. The van der Waals surface area contributed by atoms with Crippen molar-refractivity contribution < 1.29 is 8.42 Å². The summed E-state index contributed by atoms with van der Waals surface area (Å²) in [6.07, 6.45) is 0. The van der Waals surface area contributed by atoms with Crippen LogP contribution in [0, 0.1) is 0 Å². The maximum atomic E-state index is 12.0. The van der Waals surface area contributed by atoms with Crippen LogP contribution in [0.25, 0.3) is 0 Å². The number of rotatable bonds is 7. The molecule has 0 bridgehead atoms. The molecular weight excluding hydrogens is 284 g/mol. The summed E-state index contributed by atoms with van der Waals surface area (Å²) in [5.41, 5.74) is 1.86. The number of sulfonamides is 1. The van der Waals surface area contributed by atoms with E-state index in [1.165, 1.54) is 0 Å². The molecule has 21 heavy (non-hydrogen) atoms. The number of nitrogens with zero attached hydrogens (tertiary/aromatic N) is 1. The van der Waals surface area contributed by atoms with E-state index in [1.54, 1.807) is 0 Å². The van der Waals surface area contributed by atoms with Gasteiger partial charge in [-0.2, -0.15) is 0 Å². The molecule has 0 spiro atoms. The van der Waals surface area contributed by atoms with E-state index in [2.05, 4.69) is 4.72 Å². The van der Waals surface area contributed by atoms with Crippen LogP contribution in [0.4, 0.5) is 5.69 Å². The Morgan fingerprint density at radius 1 is 0.952 bits per heavy atom. The van der Waals surface area contributed by atoms with Gasteiger partial charge in [0, 0.05) is 25.8 Å². The van der Waals surface area contributed by atoms with E-state index in [0.29, 0.717) is 13.1 Å². The summed E-state index contributed by atoms with van der Waals surface area (Å²) in [5.74, 6) is 0.0168. The fourth-order valence-corrected chi connectivity index (χ4v) is 3.16. The zero-order chi connectivity index (χ0) is 15.1. The molecule has 0 saturated heterocycles. The van der Waals surface area contributed by atoms with Crippen molar-refractivity contribution in [3.05, 3.63) is 66.2 Å². The Kier molecular flexibility index (Phi) is 5.36. The number of anilines is 1. The molecule has 4 nitrogen and oxygen atoms in total. The van der Waals surface area contributed by atoms with Crippen LogP contribution in [0.2, 0.25) is 0 Å². The largest absolute Gasteiger partial charge is 0.373 e. The first kappa shape index (κ1) is 15.5. The molecular formula is C16H20N2O2S. The van der Waals surface area contributed by atoms with Crippen molar-refractivity contribution in [2.45, 2.75) is 5.75 Å². The van der Waals surface area contributed by atoms with Crippen molar-refractivity contribution in [3.8, 4) is 0 Å². The number of nitrogens with one attached hydrogen (secondary N) is 1. The SMILES string of the molecule is CN(CCNS(=O)(=O)Cc1ccccc1)c1ccccc1.